The number of amides is 1. The Balaban J connectivity index is 2.63. The van der Waals surface area contributed by atoms with Crippen LogP contribution in [0.15, 0.2) is 30.5 Å². The molecule has 0 radical (unpaired) electrons. The summed E-state index contributed by atoms with van der Waals surface area (Å²) in [4.78, 5) is 24.5. The van der Waals surface area contributed by atoms with Crippen molar-refractivity contribution in [1.82, 2.24) is 4.98 Å². The van der Waals surface area contributed by atoms with Gasteiger partial charge in [0, 0.05) is 28.7 Å². The van der Waals surface area contributed by atoms with Crippen LogP contribution in [0.1, 0.15) is 15.9 Å². The van der Waals surface area contributed by atoms with Gasteiger partial charge in [0.05, 0.1) is 0 Å². The number of carbonyl (C=O) groups is 2. The van der Waals surface area contributed by atoms with Gasteiger partial charge in [0.15, 0.2) is 6.29 Å². The third kappa shape index (κ3) is 1.72. The summed E-state index contributed by atoms with van der Waals surface area (Å²) in [6.45, 7) is 0. The summed E-state index contributed by atoms with van der Waals surface area (Å²) in [6, 6.07) is 5.53. The molecule has 0 unspecified atom stereocenters. The lowest BCUT2D eigenvalue weighted by molar-refractivity contribution is -0.113. The number of fused-ring (bicyclic) bond motifs is 1. The Morgan fingerprint density at radius 3 is 2.81 bits per heavy atom. The summed E-state index contributed by atoms with van der Waals surface area (Å²) in [5.41, 5.74) is 7.24. The number of hydrogen-bond acceptors (Lipinski definition) is 2. The molecule has 0 saturated heterocycles. The third-order valence-corrected chi connectivity index (χ3v) is 2.32. The minimum Gasteiger partial charge on any atom is -0.366 e. The van der Waals surface area contributed by atoms with Crippen molar-refractivity contribution >= 4 is 29.2 Å². The van der Waals surface area contributed by atoms with Crippen LogP contribution >= 0.6 is 0 Å². The predicted octanol–water partition coefficient (Wildman–Crippen LogP) is 1.48. The van der Waals surface area contributed by atoms with Crippen LogP contribution in [0.25, 0.3) is 17.0 Å². The molecule has 0 aliphatic rings. The lowest BCUT2D eigenvalue weighted by Gasteiger charge is -1.97. The van der Waals surface area contributed by atoms with Crippen LogP contribution in [-0.4, -0.2) is 17.2 Å². The number of aromatic amines is 1. The van der Waals surface area contributed by atoms with Gasteiger partial charge >= 0.3 is 0 Å². The number of H-pyrrole nitrogens is 1. The van der Waals surface area contributed by atoms with Gasteiger partial charge in [0.1, 0.15) is 0 Å². The SMILES string of the molecule is NC(=O)C=Cc1cccc2[nH]cc(C=O)c12. The molecule has 1 aromatic carbocycles. The van der Waals surface area contributed by atoms with Crippen molar-refractivity contribution in [2.24, 2.45) is 5.73 Å². The summed E-state index contributed by atoms with van der Waals surface area (Å²) in [5, 5.41) is 0.801. The lowest BCUT2D eigenvalue weighted by atomic mass is 10.1. The molecule has 3 N–H and O–H groups in total. The Bertz CT molecular complexity index is 582. The second-order valence-corrected chi connectivity index (χ2v) is 3.37. The number of aldehydes is 1. The fraction of sp³-hybridized carbons (Fsp3) is 0. The van der Waals surface area contributed by atoms with Gasteiger partial charge in [0.25, 0.3) is 0 Å². The van der Waals surface area contributed by atoms with Crippen LogP contribution in [-0.2, 0) is 4.79 Å². The number of primary amides is 1. The first-order chi connectivity index (χ1) is 7.72. The van der Waals surface area contributed by atoms with Crippen molar-refractivity contribution in [3.63, 3.8) is 0 Å². The van der Waals surface area contributed by atoms with Gasteiger partial charge in [-0.05, 0) is 17.7 Å². The summed E-state index contributed by atoms with van der Waals surface area (Å²) < 4.78 is 0. The molecule has 1 heterocycles. The smallest absolute Gasteiger partial charge is 0.241 e. The van der Waals surface area contributed by atoms with E-state index < -0.39 is 5.91 Å². The number of rotatable bonds is 3. The number of benzene rings is 1. The van der Waals surface area contributed by atoms with E-state index >= 15 is 0 Å². The van der Waals surface area contributed by atoms with Gasteiger partial charge in [0.2, 0.25) is 5.91 Å². The molecule has 0 spiro atoms. The van der Waals surface area contributed by atoms with E-state index in [9.17, 15) is 9.59 Å². The minimum absolute atomic E-state index is 0.514. The highest BCUT2D eigenvalue weighted by atomic mass is 16.1. The summed E-state index contributed by atoms with van der Waals surface area (Å²) >= 11 is 0. The van der Waals surface area contributed by atoms with E-state index in [4.69, 9.17) is 5.73 Å². The Kier molecular flexibility index (Phi) is 2.55. The van der Waals surface area contributed by atoms with E-state index in [1.807, 2.05) is 18.2 Å². The van der Waals surface area contributed by atoms with Gasteiger partial charge in [-0.15, -0.1) is 0 Å². The molecule has 4 nitrogen and oxygen atoms in total. The molecule has 1 amide bonds. The Morgan fingerprint density at radius 1 is 1.31 bits per heavy atom. The Morgan fingerprint density at radius 2 is 2.12 bits per heavy atom. The highest BCUT2D eigenvalue weighted by Gasteiger charge is 2.05. The fourth-order valence-electron chi connectivity index (χ4n) is 1.64. The molecule has 0 atom stereocenters. The zero-order valence-corrected chi connectivity index (χ0v) is 8.44. The molecule has 16 heavy (non-hydrogen) atoms. The average Bonchev–Trinajstić information content (AvgIpc) is 2.69. The van der Waals surface area contributed by atoms with Gasteiger partial charge < -0.3 is 10.7 Å². The quantitative estimate of drug-likeness (QED) is 0.599. The molecule has 0 aliphatic carbocycles. The van der Waals surface area contributed by atoms with Gasteiger partial charge in [-0.1, -0.05) is 12.1 Å². The topological polar surface area (TPSA) is 76.0 Å². The third-order valence-electron chi connectivity index (χ3n) is 2.32. The molecule has 0 bridgehead atoms. The molecule has 0 aliphatic heterocycles. The second-order valence-electron chi connectivity index (χ2n) is 3.37. The first-order valence-electron chi connectivity index (χ1n) is 4.75. The van der Waals surface area contributed by atoms with E-state index in [2.05, 4.69) is 4.98 Å². The first-order valence-corrected chi connectivity index (χ1v) is 4.75. The van der Waals surface area contributed by atoms with Crippen LogP contribution in [0, 0.1) is 0 Å². The molecule has 0 fully saturated rings. The molecular formula is C12H10N2O2. The first kappa shape index (κ1) is 10.2. The monoisotopic (exact) mass is 214 g/mol. The van der Waals surface area contributed by atoms with E-state index in [0.717, 1.165) is 22.8 Å². The summed E-state index contributed by atoms with van der Waals surface area (Å²) in [5.74, 6) is -0.514. The number of hydrogen-bond donors (Lipinski definition) is 2. The van der Waals surface area contributed by atoms with Crippen LogP contribution in [0.5, 0.6) is 0 Å². The van der Waals surface area contributed by atoms with E-state index in [1.165, 1.54) is 6.08 Å². The Labute approximate surface area is 91.8 Å². The van der Waals surface area contributed by atoms with Crippen molar-refractivity contribution in [2.45, 2.75) is 0 Å². The predicted molar refractivity (Wildman–Crippen MR) is 61.9 cm³/mol. The van der Waals surface area contributed by atoms with Crippen LogP contribution in [0.2, 0.25) is 0 Å². The summed E-state index contributed by atoms with van der Waals surface area (Å²) in [6.07, 6.45) is 5.29. The fourth-order valence-corrected chi connectivity index (χ4v) is 1.64. The lowest BCUT2D eigenvalue weighted by Crippen LogP contribution is -2.05. The Hall–Kier alpha value is -2.36. The van der Waals surface area contributed by atoms with Gasteiger partial charge in [-0.25, -0.2) is 0 Å². The van der Waals surface area contributed by atoms with Crippen molar-refractivity contribution in [2.75, 3.05) is 0 Å². The standard InChI is InChI=1S/C12H10N2O2/c13-11(16)5-4-8-2-1-3-10-12(8)9(7-15)6-14-10/h1-7,14H,(H2,13,16). The van der Waals surface area contributed by atoms with Crippen LogP contribution < -0.4 is 5.73 Å². The van der Waals surface area contributed by atoms with Crippen LogP contribution in [0.4, 0.5) is 0 Å². The van der Waals surface area contributed by atoms with Crippen LogP contribution in [0.3, 0.4) is 0 Å². The number of aromatic nitrogens is 1. The number of carbonyl (C=O) groups excluding carboxylic acids is 2. The average molecular weight is 214 g/mol. The highest BCUT2D eigenvalue weighted by molar-refractivity contribution is 6.03. The van der Waals surface area contributed by atoms with E-state index in [0.29, 0.717) is 5.56 Å². The minimum atomic E-state index is -0.514. The van der Waals surface area contributed by atoms with Crippen molar-refractivity contribution in [1.29, 1.82) is 0 Å². The van der Waals surface area contributed by atoms with Gasteiger partial charge in [-0.3, -0.25) is 9.59 Å². The van der Waals surface area contributed by atoms with Gasteiger partial charge in [-0.2, -0.15) is 0 Å². The maximum atomic E-state index is 10.8. The number of nitrogens with two attached hydrogens (primary N) is 1. The molecule has 2 rings (SSSR count). The zero-order chi connectivity index (χ0) is 11.5. The van der Waals surface area contributed by atoms with Crippen molar-refractivity contribution in [3.05, 3.63) is 41.6 Å². The largest absolute Gasteiger partial charge is 0.366 e. The maximum absolute atomic E-state index is 10.8. The molecule has 4 heteroatoms. The maximum Gasteiger partial charge on any atom is 0.241 e. The molecule has 0 saturated carbocycles. The van der Waals surface area contributed by atoms with E-state index in [-0.39, 0.29) is 0 Å². The molecule has 2 aromatic rings. The zero-order valence-electron chi connectivity index (χ0n) is 8.44. The highest BCUT2D eigenvalue weighted by Crippen LogP contribution is 2.22. The molecule has 1 aromatic heterocycles. The van der Waals surface area contributed by atoms with Crippen molar-refractivity contribution in [3.8, 4) is 0 Å². The van der Waals surface area contributed by atoms with E-state index in [1.54, 1.807) is 12.3 Å². The second kappa shape index (κ2) is 4.02. The normalized spacial score (nSPS) is 11.0. The molecular weight excluding hydrogens is 204 g/mol. The summed E-state index contributed by atoms with van der Waals surface area (Å²) in [7, 11) is 0. The van der Waals surface area contributed by atoms with Crippen molar-refractivity contribution < 1.29 is 9.59 Å². The number of nitrogens with one attached hydrogen (secondary N) is 1. The molecule has 80 valence electrons.